The van der Waals surface area contributed by atoms with Gasteiger partial charge in [0.2, 0.25) is 11.7 Å². The van der Waals surface area contributed by atoms with E-state index in [2.05, 4.69) is 5.32 Å². The molecule has 6 nitrogen and oxygen atoms in total. The Morgan fingerprint density at radius 1 is 0.903 bits per heavy atom. The Kier molecular flexibility index (Phi) is 4.59. The van der Waals surface area contributed by atoms with Gasteiger partial charge in [0.15, 0.2) is 0 Å². The number of nitrogens with one attached hydrogen (secondary N) is 1. The van der Waals surface area contributed by atoms with E-state index in [1.54, 1.807) is 8.97 Å². The summed E-state index contributed by atoms with van der Waals surface area (Å²) in [7, 11) is 0. The molecule has 3 aromatic carbocycles. The van der Waals surface area contributed by atoms with Crippen molar-refractivity contribution in [3.63, 3.8) is 0 Å². The first kappa shape index (κ1) is 18.8. The zero-order chi connectivity index (χ0) is 21.4. The molecule has 1 amide bonds. The fraction of sp³-hybridized carbons (Fsp3) is 0.0800. The highest BCUT2D eigenvalue weighted by atomic mass is 16.2. The maximum absolute atomic E-state index is 13.0. The van der Waals surface area contributed by atoms with E-state index in [1.807, 2.05) is 85.8 Å². The number of fused-ring (bicyclic) bond motifs is 3. The van der Waals surface area contributed by atoms with Gasteiger partial charge in [0.05, 0.1) is 16.7 Å². The molecule has 1 N–H and O–H groups in total. The minimum Gasteiger partial charge on any atom is -0.324 e. The molecule has 6 heteroatoms. The van der Waals surface area contributed by atoms with Crippen LogP contribution in [0.15, 0.2) is 89.7 Å². The normalized spacial score (nSPS) is 11.1. The molecular formula is C25H20N4O2. The maximum Gasteiger partial charge on any atom is 0.260 e. The number of rotatable bonds is 4. The van der Waals surface area contributed by atoms with E-state index in [1.165, 1.54) is 6.07 Å². The predicted molar refractivity (Wildman–Crippen MR) is 122 cm³/mol. The molecule has 0 atom stereocenters. The Bertz CT molecular complexity index is 1480. The summed E-state index contributed by atoms with van der Waals surface area (Å²) in [6, 6.07) is 26.2. The molecule has 5 aromatic rings. The third-order valence-electron chi connectivity index (χ3n) is 5.35. The fourth-order valence-corrected chi connectivity index (χ4v) is 3.83. The number of carbonyl (C=O) groups excluding carboxylic acids is 1. The summed E-state index contributed by atoms with van der Waals surface area (Å²) in [5.74, 6) is 0.254. The summed E-state index contributed by atoms with van der Waals surface area (Å²) in [4.78, 5) is 30.7. The van der Waals surface area contributed by atoms with Crippen molar-refractivity contribution in [3.8, 4) is 11.3 Å². The van der Waals surface area contributed by atoms with Gasteiger partial charge < -0.3 is 9.88 Å². The number of anilines is 1. The Morgan fingerprint density at radius 3 is 2.35 bits per heavy atom. The molecule has 0 fully saturated rings. The number of nitrogens with zero attached hydrogens (tertiary/aromatic N) is 3. The molecule has 0 aliphatic rings. The Balaban J connectivity index is 1.65. The number of hydrogen-bond donors (Lipinski definition) is 1. The Morgan fingerprint density at radius 2 is 1.58 bits per heavy atom. The van der Waals surface area contributed by atoms with E-state index in [0.717, 1.165) is 27.8 Å². The van der Waals surface area contributed by atoms with Crippen molar-refractivity contribution in [2.24, 2.45) is 0 Å². The number of carbonyl (C=O) groups is 1. The first-order valence-electron chi connectivity index (χ1n) is 10.0. The van der Waals surface area contributed by atoms with Crippen molar-refractivity contribution >= 4 is 28.4 Å². The molecule has 0 spiro atoms. The van der Waals surface area contributed by atoms with Gasteiger partial charge in [0, 0.05) is 17.3 Å². The first-order chi connectivity index (χ1) is 15.1. The van der Waals surface area contributed by atoms with Gasteiger partial charge >= 0.3 is 0 Å². The molecule has 0 saturated heterocycles. The van der Waals surface area contributed by atoms with Gasteiger partial charge in [0.1, 0.15) is 6.54 Å². The quantitative estimate of drug-likeness (QED) is 0.483. The molecule has 5 rings (SSSR count). The van der Waals surface area contributed by atoms with E-state index in [-0.39, 0.29) is 18.0 Å². The second-order valence-corrected chi connectivity index (χ2v) is 7.42. The highest BCUT2D eigenvalue weighted by molar-refractivity contribution is 5.93. The number of hydrogen-bond acceptors (Lipinski definition) is 3. The predicted octanol–water partition coefficient (Wildman–Crippen LogP) is 4.26. The van der Waals surface area contributed by atoms with Crippen LogP contribution in [0.25, 0.3) is 28.1 Å². The molecule has 31 heavy (non-hydrogen) atoms. The van der Waals surface area contributed by atoms with Crippen LogP contribution in [0.5, 0.6) is 0 Å². The number of imidazole rings is 1. The molecule has 0 aliphatic carbocycles. The number of aromatic nitrogens is 3. The molecule has 2 heterocycles. The highest BCUT2D eigenvalue weighted by Crippen LogP contribution is 2.22. The van der Waals surface area contributed by atoms with Crippen LogP contribution in [-0.4, -0.2) is 19.9 Å². The van der Waals surface area contributed by atoms with Gasteiger partial charge in [-0.2, -0.15) is 0 Å². The molecule has 0 saturated carbocycles. The van der Waals surface area contributed by atoms with Crippen LogP contribution < -0.4 is 10.9 Å². The summed E-state index contributed by atoms with van der Waals surface area (Å²) >= 11 is 0. The van der Waals surface area contributed by atoms with Crippen LogP contribution in [0.1, 0.15) is 5.56 Å². The molecule has 0 radical (unpaired) electrons. The van der Waals surface area contributed by atoms with Crippen LogP contribution in [0.2, 0.25) is 0 Å². The lowest BCUT2D eigenvalue weighted by molar-refractivity contribution is -0.116. The summed E-state index contributed by atoms with van der Waals surface area (Å²) in [6.07, 6.45) is 0. The average molecular weight is 408 g/mol. The number of amides is 1. The summed E-state index contributed by atoms with van der Waals surface area (Å²) < 4.78 is 3.35. The lowest BCUT2D eigenvalue weighted by Crippen LogP contribution is -2.21. The lowest BCUT2D eigenvalue weighted by atomic mass is 10.1. The first-order valence-corrected chi connectivity index (χ1v) is 10.0. The van der Waals surface area contributed by atoms with Gasteiger partial charge in [-0.1, -0.05) is 60.7 Å². The summed E-state index contributed by atoms with van der Waals surface area (Å²) in [6.45, 7) is 1.99. The molecule has 152 valence electrons. The average Bonchev–Trinajstić information content (AvgIpc) is 3.10. The van der Waals surface area contributed by atoms with Crippen molar-refractivity contribution in [2.45, 2.75) is 13.5 Å². The second kappa shape index (κ2) is 7.57. The topological polar surface area (TPSA) is 68.4 Å². The summed E-state index contributed by atoms with van der Waals surface area (Å²) in [5, 5.41) is 2.96. The standard InChI is InChI=1S/C25H20N4O2/c1-17-9-5-6-12-19(17)26-23(30)16-28-21-13-7-8-14-22(21)29-24(31)15-20(27-25(28)29)18-10-3-2-4-11-18/h2-15H,16H2,1H3,(H,26,30). The van der Waals surface area contributed by atoms with Crippen LogP contribution in [0, 0.1) is 6.92 Å². The van der Waals surface area contributed by atoms with Crippen molar-refractivity contribution in [1.29, 1.82) is 0 Å². The Labute approximate surface area is 178 Å². The SMILES string of the molecule is Cc1ccccc1NC(=O)Cn1c2ccccc2n2c(=O)cc(-c3ccccc3)nc12. The largest absolute Gasteiger partial charge is 0.324 e. The van der Waals surface area contributed by atoms with Gasteiger partial charge in [-0.3, -0.25) is 9.59 Å². The van der Waals surface area contributed by atoms with Crippen molar-refractivity contribution in [2.75, 3.05) is 5.32 Å². The highest BCUT2D eigenvalue weighted by Gasteiger charge is 2.17. The molecular weight excluding hydrogens is 388 g/mol. The number of benzene rings is 3. The third-order valence-corrected chi connectivity index (χ3v) is 5.35. The Hall–Kier alpha value is -4.19. The van der Waals surface area contributed by atoms with E-state index in [4.69, 9.17) is 4.98 Å². The van der Waals surface area contributed by atoms with Crippen molar-refractivity contribution in [3.05, 3.63) is 101 Å². The van der Waals surface area contributed by atoms with Crippen molar-refractivity contribution in [1.82, 2.24) is 14.0 Å². The molecule has 0 bridgehead atoms. The number of para-hydroxylation sites is 3. The maximum atomic E-state index is 13.0. The minimum atomic E-state index is -0.183. The second-order valence-electron chi connectivity index (χ2n) is 7.42. The smallest absolute Gasteiger partial charge is 0.260 e. The van der Waals surface area contributed by atoms with Gasteiger partial charge in [0.25, 0.3) is 5.56 Å². The van der Waals surface area contributed by atoms with Crippen molar-refractivity contribution < 1.29 is 4.79 Å². The molecule has 0 unspecified atom stereocenters. The van der Waals surface area contributed by atoms with E-state index < -0.39 is 0 Å². The van der Waals surface area contributed by atoms with Crippen LogP contribution in [0.3, 0.4) is 0 Å². The van der Waals surface area contributed by atoms with Crippen LogP contribution >= 0.6 is 0 Å². The van der Waals surface area contributed by atoms with Gasteiger partial charge in [-0.15, -0.1) is 0 Å². The fourth-order valence-electron chi connectivity index (χ4n) is 3.83. The van der Waals surface area contributed by atoms with Crippen LogP contribution in [-0.2, 0) is 11.3 Å². The summed E-state index contributed by atoms with van der Waals surface area (Å²) in [5.41, 5.74) is 4.49. The molecule has 2 aromatic heterocycles. The number of aryl methyl sites for hydroxylation is 1. The minimum absolute atomic E-state index is 0.0377. The zero-order valence-corrected chi connectivity index (χ0v) is 16.9. The lowest BCUT2D eigenvalue weighted by Gasteiger charge is -2.10. The van der Waals surface area contributed by atoms with E-state index in [9.17, 15) is 9.59 Å². The van der Waals surface area contributed by atoms with Crippen LogP contribution in [0.4, 0.5) is 5.69 Å². The monoisotopic (exact) mass is 408 g/mol. The van der Waals surface area contributed by atoms with E-state index in [0.29, 0.717) is 11.5 Å². The molecule has 0 aliphatic heterocycles. The van der Waals surface area contributed by atoms with Gasteiger partial charge in [-0.25, -0.2) is 9.38 Å². The zero-order valence-electron chi connectivity index (χ0n) is 16.9. The van der Waals surface area contributed by atoms with Gasteiger partial charge in [-0.05, 0) is 30.7 Å². The third kappa shape index (κ3) is 3.38. The van der Waals surface area contributed by atoms with E-state index >= 15 is 0 Å².